The van der Waals surface area contributed by atoms with E-state index in [0.29, 0.717) is 0 Å². The number of amides is 1. The third-order valence-electron chi connectivity index (χ3n) is 2.19. The van der Waals surface area contributed by atoms with Crippen molar-refractivity contribution < 1.29 is 19.8 Å². The lowest BCUT2D eigenvalue weighted by Crippen LogP contribution is -2.28. The van der Waals surface area contributed by atoms with Crippen molar-refractivity contribution in [2.24, 2.45) is 5.41 Å². The third-order valence-corrected chi connectivity index (χ3v) is 2.19. The van der Waals surface area contributed by atoms with Crippen LogP contribution in [0.4, 0.5) is 5.69 Å². The molecule has 0 radical (unpaired) electrons. The Balaban J connectivity index is 3.12. The summed E-state index contributed by atoms with van der Waals surface area (Å²) in [7, 11) is 0. The topological polar surface area (TPSA) is 86.6 Å². The van der Waals surface area contributed by atoms with Gasteiger partial charge in [0.25, 0.3) is 0 Å². The Labute approximate surface area is 99.1 Å². The number of nitrogens with one attached hydrogen (secondary N) is 1. The number of carbonyl (C=O) groups is 2. The van der Waals surface area contributed by atoms with E-state index in [2.05, 4.69) is 5.32 Å². The van der Waals surface area contributed by atoms with Crippen LogP contribution in [-0.2, 0) is 4.79 Å². The van der Waals surface area contributed by atoms with Gasteiger partial charge in [-0.1, -0.05) is 26.8 Å². The zero-order valence-corrected chi connectivity index (χ0v) is 9.94. The summed E-state index contributed by atoms with van der Waals surface area (Å²) in [5.41, 5.74) is -0.844. The van der Waals surface area contributed by atoms with Crippen molar-refractivity contribution >= 4 is 17.6 Å². The minimum absolute atomic E-state index is 0.0948. The van der Waals surface area contributed by atoms with E-state index in [1.807, 2.05) is 0 Å². The number of hydrogen-bond donors (Lipinski definition) is 3. The van der Waals surface area contributed by atoms with Crippen LogP contribution >= 0.6 is 0 Å². The summed E-state index contributed by atoms with van der Waals surface area (Å²) in [6, 6.07) is 4.17. The molecule has 17 heavy (non-hydrogen) atoms. The summed E-state index contributed by atoms with van der Waals surface area (Å²) in [6.45, 7) is 5.14. The van der Waals surface area contributed by atoms with E-state index in [1.165, 1.54) is 18.2 Å². The van der Waals surface area contributed by atoms with Crippen molar-refractivity contribution in [3.8, 4) is 5.75 Å². The van der Waals surface area contributed by atoms with Crippen LogP contribution in [0, 0.1) is 5.41 Å². The van der Waals surface area contributed by atoms with Crippen molar-refractivity contribution in [1.82, 2.24) is 0 Å². The van der Waals surface area contributed by atoms with Crippen molar-refractivity contribution in [2.75, 3.05) is 5.32 Å². The lowest BCUT2D eigenvalue weighted by Gasteiger charge is -2.18. The van der Waals surface area contributed by atoms with Crippen LogP contribution in [0.5, 0.6) is 5.75 Å². The van der Waals surface area contributed by atoms with Gasteiger partial charge in [-0.25, -0.2) is 4.79 Å². The van der Waals surface area contributed by atoms with Gasteiger partial charge in [0.1, 0.15) is 11.3 Å². The highest BCUT2D eigenvalue weighted by molar-refractivity contribution is 6.03. The molecule has 3 N–H and O–H groups in total. The molecule has 0 bridgehead atoms. The van der Waals surface area contributed by atoms with Gasteiger partial charge in [-0.05, 0) is 12.1 Å². The zero-order valence-electron chi connectivity index (χ0n) is 9.94. The lowest BCUT2D eigenvalue weighted by molar-refractivity contribution is -0.123. The van der Waals surface area contributed by atoms with Crippen LogP contribution in [0.25, 0.3) is 0 Å². The molecule has 0 heterocycles. The SMILES string of the molecule is CC(C)(C)C(=O)Nc1cccc(O)c1C(=O)O. The molecule has 0 atom stereocenters. The smallest absolute Gasteiger partial charge is 0.341 e. The number of benzene rings is 1. The maximum absolute atomic E-state index is 11.7. The molecule has 0 aliphatic carbocycles. The highest BCUT2D eigenvalue weighted by Crippen LogP contribution is 2.27. The highest BCUT2D eigenvalue weighted by atomic mass is 16.4. The molecule has 0 aromatic heterocycles. The molecule has 5 heteroatoms. The van der Waals surface area contributed by atoms with Gasteiger partial charge in [-0.2, -0.15) is 0 Å². The first-order valence-electron chi connectivity index (χ1n) is 5.10. The summed E-state index contributed by atoms with van der Waals surface area (Å²) in [5.74, 6) is -1.97. The van der Waals surface area contributed by atoms with E-state index in [-0.39, 0.29) is 22.9 Å². The fraction of sp³-hybridized carbons (Fsp3) is 0.333. The van der Waals surface area contributed by atoms with Crippen molar-refractivity contribution in [1.29, 1.82) is 0 Å². The molecule has 0 aliphatic rings. The molecular formula is C12H15NO4. The van der Waals surface area contributed by atoms with Gasteiger partial charge in [0.2, 0.25) is 5.91 Å². The average Bonchev–Trinajstić information content (AvgIpc) is 2.15. The summed E-state index contributed by atoms with van der Waals surface area (Å²) in [5, 5.41) is 20.9. The number of anilines is 1. The van der Waals surface area contributed by atoms with E-state index in [9.17, 15) is 14.7 Å². The molecule has 0 saturated carbocycles. The molecule has 5 nitrogen and oxygen atoms in total. The van der Waals surface area contributed by atoms with Crippen LogP contribution in [0.3, 0.4) is 0 Å². The molecule has 1 aromatic carbocycles. The van der Waals surface area contributed by atoms with Crippen LogP contribution in [0.1, 0.15) is 31.1 Å². The van der Waals surface area contributed by atoms with E-state index in [4.69, 9.17) is 5.11 Å². The summed E-state index contributed by atoms with van der Waals surface area (Å²) in [6.07, 6.45) is 0. The van der Waals surface area contributed by atoms with Gasteiger partial charge in [0.05, 0.1) is 5.69 Å². The number of aromatic hydroxyl groups is 1. The number of carbonyl (C=O) groups excluding carboxylic acids is 1. The van der Waals surface area contributed by atoms with Gasteiger partial charge in [0, 0.05) is 5.41 Å². The van der Waals surface area contributed by atoms with Crippen LogP contribution in [0.2, 0.25) is 0 Å². The van der Waals surface area contributed by atoms with E-state index in [1.54, 1.807) is 20.8 Å². The Hall–Kier alpha value is -2.04. The van der Waals surface area contributed by atoms with Gasteiger partial charge < -0.3 is 15.5 Å². The van der Waals surface area contributed by atoms with E-state index >= 15 is 0 Å². The number of phenols is 1. The number of carboxylic acid groups (broad SMARTS) is 1. The Morgan fingerprint density at radius 2 is 1.82 bits per heavy atom. The van der Waals surface area contributed by atoms with Crippen molar-refractivity contribution in [3.05, 3.63) is 23.8 Å². The predicted octanol–water partition coefficient (Wildman–Crippen LogP) is 2.07. The monoisotopic (exact) mass is 237 g/mol. The summed E-state index contributed by atoms with van der Waals surface area (Å²) >= 11 is 0. The van der Waals surface area contributed by atoms with E-state index < -0.39 is 11.4 Å². The second-order valence-electron chi connectivity index (χ2n) is 4.71. The average molecular weight is 237 g/mol. The van der Waals surface area contributed by atoms with Crippen molar-refractivity contribution in [2.45, 2.75) is 20.8 Å². The first kappa shape index (κ1) is 13.0. The Kier molecular flexibility index (Phi) is 3.41. The number of aromatic carboxylic acids is 1. The standard InChI is InChI=1S/C12H15NO4/c1-12(2,3)11(17)13-7-5-4-6-8(14)9(7)10(15)16/h4-6,14H,1-3H3,(H,13,17)(H,15,16). The zero-order chi connectivity index (χ0) is 13.2. The van der Waals surface area contributed by atoms with Gasteiger partial charge in [0.15, 0.2) is 0 Å². The minimum atomic E-state index is -1.28. The number of carboxylic acids is 1. The van der Waals surface area contributed by atoms with E-state index in [0.717, 1.165) is 0 Å². The number of hydrogen-bond acceptors (Lipinski definition) is 3. The fourth-order valence-electron chi connectivity index (χ4n) is 1.18. The largest absolute Gasteiger partial charge is 0.507 e. The first-order chi connectivity index (χ1) is 7.73. The Bertz CT molecular complexity index is 460. The minimum Gasteiger partial charge on any atom is -0.507 e. The maximum Gasteiger partial charge on any atom is 0.341 e. The molecule has 1 amide bonds. The second kappa shape index (κ2) is 4.45. The van der Waals surface area contributed by atoms with Crippen LogP contribution in [0.15, 0.2) is 18.2 Å². The van der Waals surface area contributed by atoms with Crippen LogP contribution in [-0.4, -0.2) is 22.1 Å². The molecule has 0 saturated heterocycles. The number of rotatable bonds is 2. The first-order valence-corrected chi connectivity index (χ1v) is 5.10. The molecule has 1 aromatic rings. The molecule has 1 rings (SSSR count). The van der Waals surface area contributed by atoms with Gasteiger partial charge in [-0.3, -0.25) is 4.79 Å². The second-order valence-corrected chi connectivity index (χ2v) is 4.71. The summed E-state index contributed by atoms with van der Waals surface area (Å²) < 4.78 is 0. The molecule has 0 fully saturated rings. The fourth-order valence-corrected chi connectivity index (χ4v) is 1.18. The molecular weight excluding hydrogens is 222 g/mol. The highest BCUT2D eigenvalue weighted by Gasteiger charge is 2.24. The Morgan fingerprint density at radius 1 is 1.24 bits per heavy atom. The van der Waals surface area contributed by atoms with Crippen LogP contribution < -0.4 is 5.32 Å². The van der Waals surface area contributed by atoms with Gasteiger partial charge >= 0.3 is 5.97 Å². The maximum atomic E-state index is 11.7. The van der Waals surface area contributed by atoms with Gasteiger partial charge in [-0.15, -0.1) is 0 Å². The predicted molar refractivity (Wildman–Crippen MR) is 63.2 cm³/mol. The molecule has 0 spiro atoms. The normalized spacial score (nSPS) is 11.0. The Morgan fingerprint density at radius 3 is 2.29 bits per heavy atom. The molecule has 0 aliphatic heterocycles. The lowest BCUT2D eigenvalue weighted by atomic mass is 9.95. The summed E-state index contributed by atoms with van der Waals surface area (Å²) in [4.78, 5) is 22.7. The molecule has 0 unspecified atom stereocenters. The quantitative estimate of drug-likeness (QED) is 0.734. The van der Waals surface area contributed by atoms with Crippen molar-refractivity contribution in [3.63, 3.8) is 0 Å². The third kappa shape index (κ3) is 2.96. The molecule has 92 valence electrons.